The van der Waals surface area contributed by atoms with Gasteiger partial charge in [-0.1, -0.05) is 0 Å². The number of aliphatic hydroxyl groups excluding tert-OH is 1. The lowest BCUT2D eigenvalue weighted by Crippen LogP contribution is -2.41. The van der Waals surface area contributed by atoms with Gasteiger partial charge in [-0.05, 0) is 33.6 Å². The summed E-state index contributed by atoms with van der Waals surface area (Å²) in [5.41, 5.74) is 0. The van der Waals surface area contributed by atoms with E-state index in [-0.39, 0.29) is 24.7 Å². The molecule has 1 rings (SSSR count). The summed E-state index contributed by atoms with van der Waals surface area (Å²) in [6.45, 7) is 5.98. The lowest BCUT2D eigenvalue weighted by Gasteiger charge is -2.16. The Kier molecular flexibility index (Phi) is 6.07. The molecule has 0 aliphatic carbocycles. The maximum absolute atomic E-state index is 11.7. The highest BCUT2D eigenvalue weighted by Gasteiger charge is 2.13. The molecule has 0 aliphatic rings. The van der Waals surface area contributed by atoms with Crippen molar-refractivity contribution in [3.8, 4) is 0 Å². The molecule has 2 unspecified atom stereocenters. The third-order valence-electron chi connectivity index (χ3n) is 2.53. The van der Waals surface area contributed by atoms with Gasteiger partial charge in [-0.25, -0.2) is 9.78 Å². The Morgan fingerprint density at radius 1 is 1.50 bits per heavy atom. The van der Waals surface area contributed by atoms with E-state index in [1.165, 1.54) is 0 Å². The number of hydrogen-bond acceptors (Lipinski definition) is 4. The van der Waals surface area contributed by atoms with Crippen molar-refractivity contribution in [3.05, 3.63) is 16.1 Å². The van der Waals surface area contributed by atoms with Gasteiger partial charge in [0.1, 0.15) is 5.01 Å². The van der Waals surface area contributed by atoms with Crippen molar-refractivity contribution < 1.29 is 9.90 Å². The Morgan fingerprint density at radius 2 is 2.22 bits per heavy atom. The summed E-state index contributed by atoms with van der Waals surface area (Å²) in [4.78, 5) is 17.1. The van der Waals surface area contributed by atoms with Crippen LogP contribution in [0.3, 0.4) is 0 Å². The second-order valence-corrected chi connectivity index (χ2v) is 5.68. The van der Waals surface area contributed by atoms with E-state index in [0.717, 1.165) is 16.3 Å². The van der Waals surface area contributed by atoms with Gasteiger partial charge >= 0.3 is 6.03 Å². The van der Waals surface area contributed by atoms with E-state index in [2.05, 4.69) is 15.6 Å². The third kappa shape index (κ3) is 5.01. The van der Waals surface area contributed by atoms with Crippen LogP contribution in [0, 0.1) is 6.92 Å². The number of amides is 2. The summed E-state index contributed by atoms with van der Waals surface area (Å²) in [5.74, 6) is 0. The summed E-state index contributed by atoms with van der Waals surface area (Å²) in [6, 6.07) is -0.225. The third-order valence-corrected chi connectivity index (χ3v) is 3.63. The number of hydrogen-bond donors (Lipinski definition) is 3. The molecule has 1 heterocycles. The highest BCUT2D eigenvalue weighted by molar-refractivity contribution is 7.11. The van der Waals surface area contributed by atoms with Crippen molar-refractivity contribution in [1.29, 1.82) is 0 Å². The zero-order valence-electron chi connectivity index (χ0n) is 11.1. The van der Waals surface area contributed by atoms with Crippen LogP contribution in [0.2, 0.25) is 0 Å². The van der Waals surface area contributed by atoms with Crippen molar-refractivity contribution in [1.82, 2.24) is 15.6 Å². The Morgan fingerprint density at radius 3 is 2.78 bits per heavy atom. The van der Waals surface area contributed by atoms with E-state index < -0.39 is 0 Å². The number of aliphatic hydroxyl groups is 1. The average Bonchev–Trinajstić information content (AvgIpc) is 2.73. The number of carbonyl (C=O) groups excluding carboxylic acids is 1. The second-order valence-electron chi connectivity index (χ2n) is 4.42. The summed E-state index contributed by atoms with van der Waals surface area (Å²) in [7, 11) is 0. The van der Waals surface area contributed by atoms with E-state index in [9.17, 15) is 4.79 Å². The van der Waals surface area contributed by atoms with Gasteiger partial charge in [-0.2, -0.15) is 0 Å². The van der Waals surface area contributed by atoms with Crippen molar-refractivity contribution in [2.75, 3.05) is 6.61 Å². The monoisotopic (exact) mass is 271 g/mol. The minimum absolute atomic E-state index is 0.0578. The van der Waals surface area contributed by atoms with E-state index in [1.54, 1.807) is 17.5 Å². The van der Waals surface area contributed by atoms with Gasteiger partial charge in [0.15, 0.2) is 0 Å². The molecule has 5 nitrogen and oxygen atoms in total. The normalized spacial score (nSPS) is 14.0. The molecule has 18 heavy (non-hydrogen) atoms. The highest BCUT2D eigenvalue weighted by atomic mass is 32.1. The van der Waals surface area contributed by atoms with E-state index in [0.29, 0.717) is 6.42 Å². The Bertz CT molecular complexity index is 381. The number of nitrogens with zero attached hydrogens (tertiary/aromatic N) is 1. The molecule has 102 valence electrons. The van der Waals surface area contributed by atoms with Crippen LogP contribution in [0.15, 0.2) is 6.20 Å². The zero-order valence-corrected chi connectivity index (χ0v) is 11.9. The quantitative estimate of drug-likeness (QED) is 0.740. The first-order chi connectivity index (χ1) is 8.52. The first-order valence-electron chi connectivity index (χ1n) is 6.13. The predicted molar refractivity (Wildman–Crippen MR) is 72.7 cm³/mol. The molecule has 2 amide bonds. The topological polar surface area (TPSA) is 74.2 Å². The predicted octanol–water partition coefficient (Wildman–Crippen LogP) is 1.97. The molecule has 3 N–H and O–H groups in total. The smallest absolute Gasteiger partial charge is 0.315 e. The molecule has 0 radical (unpaired) electrons. The summed E-state index contributed by atoms with van der Waals surface area (Å²) in [5, 5.41) is 15.3. The Hall–Kier alpha value is -1.14. The molecule has 0 aromatic carbocycles. The molecule has 2 atom stereocenters. The van der Waals surface area contributed by atoms with Gasteiger partial charge in [-0.3, -0.25) is 0 Å². The zero-order chi connectivity index (χ0) is 13.5. The molecule has 1 aromatic heterocycles. The number of thiazole rings is 1. The van der Waals surface area contributed by atoms with Gasteiger partial charge in [0.25, 0.3) is 0 Å². The van der Waals surface area contributed by atoms with Crippen molar-refractivity contribution in [3.63, 3.8) is 0 Å². The fourth-order valence-corrected chi connectivity index (χ4v) is 2.34. The lowest BCUT2D eigenvalue weighted by atomic mass is 10.2. The number of nitrogens with one attached hydrogen (secondary N) is 2. The Labute approximate surface area is 112 Å². The molecular weight excluding hydrogens is 250 g/mol. The van der Waals surface area contributed by atoms with Gasteiger partial charge in [0, 0.05) is 23.7 Å². The van der Waals surface area contributed by atoms with Crippen LogP contribution < -0.4 is 10.6 Å². The molecule has 0 saturated carbocycles. The number of rotatable bonds is 6. The fraction of sp³-hybridized carbons (Fsp3) is 0.667. The first kappa shape index (κ1) is 14.9. The summed E-state index contributed by atoms with van der Waals surface area (Å²) >= 11 is 1.58. The Balaban J connectivity index is 2.35. The molecule has 6 heteroatoms. The highest BCUT2D eigenvalue weighted by Crippen LogP contribution is 2.18. The van der Waals surface area contributed by atoms with Crippen LogP contribution in [0.4, 0.5) is 4.79 Å². The van der Waals surface area contributed by atoms with E-state index in [4.69, 9.17) is 5.11 Å². The van der Waals surface area contributed by atoms with Gasteiger partial charge in [0.05, 0.1) is 6.04 Å². The van der Waals surface area contributed by atoms with Gasteiger partial charge in [-0.15, -0.1) is 11.3 Å². The molecule has 0 aliphatic heterocycles. The molecule has 0 saturated heterocycles. The lowest BCUT2D eigenvalue weighted by molar-refractivity contribution is 0.231. The molecule has 0 fully saturated rings. The number of aryl methyl sites for hydroxylation is 1. The summed E-state index contributed by atoms with van der Waals surface area (Å²) in [6.07, 6.45) is 3.28. The maximum Gasteiger partial charge on any atom is 0.315 e. The maximum atomic E-state index is 11.7. The minimum Gasteiger partial charge on any atom is -0.396 e. The summed E-state index contributed by atoms with van der Waals surface area (Å²) < 4.78 is 0. The van der Waals surface area contributed by atoms with Crippen LogP contribution >= 0.6 is 11.3 Å². The van der Waals surface area contributed by atoms with Crippen molar-refractivity contribution in [2.24, 2.45) is 0 Å². The fourth-order valence-electron chi connectivity index (χ4n) is 1.57. The average molecular weight is 271 g/mol. The van der Waals surface area contributed by atoms with Crippen LogP contribution in [0.25, 0.3) is 0 Å². The second kappa shape index (κ2) is 7.33. The first-order valence-corrected chi connectivity index (χ1v) is 6.94. The largest absolute Gasteiger partial charge is 0.396 e. The van der Waals surface area contributed by atoms with Crippen LogP contribution in [0.1, 0.15) is 42.6 Å². The van der Waals surface area contributed by atoms with Crippen molar-refractivity contribution in [2.45, 2.75) is 45.7 Å². The minimum atomic E-state index is -0.194. The van der Waals surface area contributed by atoms with E-state index >= 15 is 0 Å². The van der Waals surface area contributed by atoms with Crippen LogP contribution in [-0.4, -0.2) is 28.8 Å². The van der Waals surface area contributed by atoms with Gasteiger partial charge < -0.3 is 15.7 Å². The molecule has 1 aromatic rings. The number of aromatic nitrogens is 1. The van der Waals surface area contributed by atoms with E-state index in [1.807, 2.05) is 20.8 Å². The van der Waals surface area contributed by atoms with Crippen molar-refractivity contribution >= 4 is 17.4 Å². The van der Waals surface area contributed by atoms with Crippen LogP contribution in [0.5, 0.6) is 0 Å². The SMILES string of the molecule is Cc1cnc(C(C)NC(=O)NC(C)CCCO)s1. The van der Waals surface area contributed by atoms with Crippen LogP contribution in [-0.2, 0) is 0 Å². The van der Waals surface area contributed by atoms with Gasteiger partial charge in [0.2, 0.25) is 0 Å². The molecule has 0 bridgehead atoms. The number of carbonyl (C=O) groups is 1. The molecule has 0 spiro atoms. The standard InChI is InChI=1S/C12H21N3O2S/c1-8(5-4-6-16)14-12(17)15-10(3)11-13-7-9(2)18-11/h7-8,10,16H,4-6H2,1-3H3,(H2,14,15,17). The number of urea groups is 1. The molecular formula is C12H21N3O2S.